The second kappa shape index (κ2) is 6.04. The van der Waals surface area contributed by atoms with E-state index in [1.807, 2.05) is 19.1 Å². The Hall–Kier alpha value is -2.34. The number of fused-ring (bicyclic) bond motifs is 1. The summed E-state index contributed by atoms with van der Waals surface area (Å²) in [5, 5.41) is 12.9. The van der Waals surface area contributed by atoms with Gasteiger partial charge < -0.3 is 20.1 Å². The number of benzene rings is 1. The van der Waals surface area contributed by atoms with Crippen molar-refractivity contribution in [3.05, 3.63) is 35.0 Å². The lowest BCUT2D eigenvalue weighted by Gasteiger charge is -2.12. The van der Waals surface area contributed by atoms with E-state index in [0.717, 1.165) is 22.2 Å². The molecule has 1 saturated heterocycles. The average Bonchev–Trinajstić information content (AvgIpc) is 3.12. The molecule has 1 fully saturated rings. The number of carbonyl (C=O) groups excluding carboxylic acids is 1. The van der Waals surface area contributed by atoms with Gasteiger partial charge in [0.25, 0.3) is 0 Å². The van der Waals surface area contributed by atoms with Crippen LogP contribution in [0, 0.1) is 13.8 Å². The molecule has 2 heterocycles. The summed E-state index contributed by atoms with van der Waals surface area (Å²) in [6.45, 7) is 4.50. The van der Waals surface area contributed by atoms with E-state index in [9.17, 15) is 9.59 Å². The van der Waals surface area contributed by atoms with Gasteiger partial charge in [-0.3, -0.25) is 4.79 Å². The monoisotopic (exact) mass is 316 g/mol. The van der Waals surface area contributed by atoms with Gasteiger partial charge in [-0.15, -0.1) is 0 Å². The minimum absolute atomic E-state index is 0.254. The summed E-state index contributed by atoms with van der Waals surface area (Å²) in [4.78, 5) is 26.3. The van der Waals surface area contributed by atoms with Crippen molar-refractivity contribution in [2.75, 3.05) is 0 Å². The normalized spacial score (nSPS) is 20.8. The maximum atomic E-state index is 12.1. The molecular weight excluding hydrogens is 296 g/mol. The van der Waals surface area contributed by atoms with Gasteiger partial charge in [-0.05, 0) is 49.9 Å². The highest BCUT2D eigenvalue weighted by Crippen LogP contribution is 2.23. The average molecular weight is 316 g/mol. The van der Waals surface area contributed by atoms with Crippen LogP contribution in [-0.4, -0.2) is 34.2 Å². The van der Waals surface area contributed by atoms with E-state index >= 15 is 0 Å². The van der Waals surface area contributed by atoms with E-state index in [0.29, 0.717) is 19.4 Å². The second-order valence-electron chi connectivity index (χ2n) is 6.00. The fourth-order valence-corrected chi connectivity index (χ4v) is 2.93. The minimum atomic E-state index is -1.01. The summed E-state index contributed by atoms with van der Waals surface area (Å²) in [5.41, 5.74) is 4.43. The first-order valence-corrected chi connectivity index (χ1v) is 7.69. The third kappa shape index (κ3) is 3.07. The Bertz CT molecular complexity index is 765. The number of aromatic amines is 1. The van der Waals surface area contributed by atoms with Crippen molar-refractivity contribution in [2.24, 2.45) is 0 Å². The Balaban J connectivity index is 1.63. The largest absolute Gasteiger partial charge is 0.479 e. The zero-order chi connectivity index (χ0) is 16.6. The van der Waals surface area contributed by atoms with Crippen molar-refractivity contribution in [1.29, 1.82) is 0 Å². The van der Waals surface area contributed by atoms with Crippen LogP contribution in [0.2, 0.25) is 0 Å². The van der Waals surface area contributed by atoms with Gasteiger partial charge >= 0.3 is 5.97 Å². The van der Waals surface area contributed by atoms with Crippen LogP contribution in [0.3, 0.4) is 0 Å². The minimum Gasteiger partial charge on any atom is -0.479 e. The molecule has 0 unspecified atom stereocenters. The molecule has 0 radical (unpaired) electrons. The Morgan fingerprint density at radius 3 is 2.74 bits per heavy atom. The topological polar surface area (TPSA) is 91.4 Å². The van der Waals surface area contributed by atoms with E-state index in [1.54, 1.807) is 0 Å². The van der Waals surface area contributed by atoms with Crippen molar-refractivity contribution < 1.29 is 19.4 Å². The lowest BCUT2D eigenvalue weighted by Crippen LogP contribution is -2.35. The highest BCUT2D eigenvalue weighted by Gasteiger charge is 2.34. The molecule has 3 rings (SSSR count). The van der Waals surface area contributed by atoms with Crippen molar-refractivity contribution in [3.63, 3.8) is 0 Å². The third-order valence-corrected chi connectivity index (χ3v) is 4.43. The number of carboxylic acids is 1. The van der Waals surface area contributed by atoms with Crippen LogP contribution in [0.5, 0.6) is 0 Å². The number of aryl methyl sites for hydroxylation is 2. The van der Waals surface area contributed by atoms with Crippen LogP contribution in [0.1, 0.15) is 29.7 Å². The van der Waals surface area contributed by atoms with Gasteiger partial charge in [0.2, 0.25) is 5.91 Å². The molecule has 3 N–H and O–H groups in total. The molecule has 23 heavy (non-hydrogen) atoms. The Kier molecular flexibility index (Phi) is 4.09. The van der Waals surface area contributed by atoms with Gasteiger partial charge in [0.15, 0.2) is 6.10 Å². The Labute approximate surface area is 133 Å². The molecule has 1 aromatic carbocycles. The number of carboxylic acid groups (broad SMARTS) is 1. The molecule has 122 valence electrons. The van der Waals surface area contributed by atoms with Crippen molar-refractivity contribution in [3.8, 4) is 0 Å². The first-order chi connectivity index (χ1) is 11.0. The molecule has 0 saturated carbocycles. The van der Waals surface area contributed by atoms with Gasteiger partial charge in [0.05, 0.1) is 0 Å². The lowest BCUT2D eigenvalue weighted by atomic mass is 10.1. The molecule has 1 aliphatic rings. The van der Waals surface area contributed by atoms with Gasteiger partial charge in [-0.25, -0.2) is 4.79 Å². The fourth-order valence-electron chi connectivity index (χ4n) is 2.93. The Morgan fingerprint density at radius 1 is 1.30 bits per heavy atom. The molecule has 1 aromatic heterocycles. The summed E-state index contributed by atoms with van der Waals surface area (Å²) in [7, 11) is 0. The number of carbonyl (C=O) groups is 2. The molecule has 0 spiro atoms. The smallest absolute Gasteiger partial charge is 0.332 e. The molecule has 1 amide bonds. The van der Waals surface area contributed by atoms with Crippen molar-refractivity contribution in [2.45, 2.75) is 45.4 Å². The van der Waals surface area contributed by atoms with Crippen LogP contribution >= 0.6 is 0 Å². The van der Waals surface area contributed by atoms with E-state index in [-0.39, 0.29) is 5.91 Å². The summed E-state index contributed by atoms with van der Waals surface area (Å²) in [5.74, 6) is -1.26. The maximum Gasteiger partial charge on any atom is 0.332 e. The van der Waals surface area contributed by atoms with Crippen molar-refractivity contribution in [1.82, 2.24) is 10.3 Å². The number of rotatable bonds is 4. The molecule has 1 aliphatic heterocycles. The number of hydrogen-bond acceptors (Lipinski definition) is 3. The fraction of sp³-hybridized carbons (Fsp3) is 0.412. The van der Waals surface area contributed by atoms with Crippen LogP contribution in [0.15, 0.2) is 18.2 Å². The number of hydrogen-bond donors (Lipinski definition) is 3. The molecule has 2 aromatic rings. The van der Waals surface area contributed by atoms with Gasteiger partial charge in [0.1, 0.15) is 6.10 Å². The molecule has 0 aliphatic carbocycles. The van der Waals surface area contributed by atoms with Crippen LogP contribution in [0.4, 0.5) is 0 Å². The van der Waals surface area contributed by atoms with E-state index in [2.05, 4.69) is 23.3 Å². The number of nitrogens with one attached hydrogen (secondary N) is 2. The number of aromatic nitrogens is 1. The summed E-state index contributed by atoms with van der Waals surface area (Å²) >= 11 is 0. The lowest BCUT2D eigenvalue weighted by molar-refractivity contribution is -0.151. The van der Waals surface area contributed by atoms with Crippen LogP contribution in [0.25, 0.3) is 10.9 Å². The molecule has 6 nitrogen and oxygen atoms in total. The summed E-state index contributed by atoms with van der Waals surface area (Å²) < 4.78 is 5.25. The molecule has 6 heteroatoms. The first kappa shape index (κ1) is 15.6. The summed E-state index contributed by atoms with van der Waals surface area (Å²) in [6, 6.07) is 6.03. The third-order valence-electron chi connectivity index (χ3n) is 4.43. The standard InChI is InChI=1S/C17H20N2O4/c1-9-10(2)19-13-4-3-11(7-12(9)13)8-18-16(20)14-5-6-15(23-14)17(21)22/h3-4,7,14-15,19H,5-6,8H2,1-2H3,(H,18,20)(H,21,22)/t14-,15+/m0/s1. The molecular formula is C17H20N2O4. The zero-order valence-corrected chi connectivity index (χ0v) is 13.2. The van der Waals surface area contributed by atoms with Crippen LogP contribution in [-0.2, 0) is 20.9 Å². The highest BCUT2D eigenvalue weighted by molar-refractivity contribution is 5.85. The van der Waals surface area contributed by atoms with E-state index < -0.39 is 18.2 Å². The number of amides is 1. The van der Waals surface area contributed by atoms with Crippen molar-refractivity contribution >= 4 is 22.8 Å². The number of aliphatic carboxylic acids is 1. The number of H-pyrrole nitrogens is 1. The van der Waals surface area contributed by atoms with Gasteiger partial charge in [0, 0.05) is 23.1 Å². The highest BCUT2D eigenvalue weighted by atomic mass is 16.5. The quantitative estimate of drug-likeness (QED) is 0.805. The predicted octanol–water partition coefficient (Wildman–Crippen LogP) is 2.03. The maximum absolute atomic E-state index is 12.1. The van der Waals surface area contributed by atoms with Gasteiger partial charge in [-0.1, -0.05) is 6.07 Å². The second-order valence-corrected chi connectivity index (χ2v) is 6.00. The summed E-state index contributed by atoms with van der Waals surface area (Å²) in [6.07, 6.45) is -0.720. The zero-order valence-electron chi connectivity index (χ0n) is 13.2. The first-order valence-electron chi connectivity index (χ1n) is 7.69. The Morgan fingerprint density at radius 2 is 2.04 bits per heavy atom. The number of ether oxygens (including phenoxy) is 1. The SMILES string of the molecule is Cc1[nH]c2ccc(CNC(=O)[C@@H]3CC[C@H](C(=O)O)O3)cc2c1C. The predicted molar refractivity (Wildman–Crippen MR) is 85.2 cm³/mol. The molecule has 0 bridgehead atoms. The van der Waals surface area contributed by atoms with Gasteiger partial charge in [-0.2, -0.15) is 0 Å². The molecule has 2 atom stereocenters. The van der Waals surface area contributed by atoms with E-state index in [4.69, 9.17) is 9.84 Å². The van der Waals surface area contributed by atoms with E-state index in [1.165, 1.54) is 5.56 Å². The van der Waals surface area contributed by atoms with Crippen LogP contribution < -0.4 is 5.32 Å².